The second-order valence-corrected chi connectivity index (χ2v) is 5.12. The van der Waals surface area contributed by atoms with E-state index in [0.717, 1.165) is 12.8 Å². The van der Waals surface area contributed by atoms with Crippen molar-refractivity contribution in [2.75, 3.05) is 13.2 Å². The number of amides is 1. The van der Waals surface area contributed by atoms with Crippen LogP contribution in [0.1, 0.15) is 19.3 Å². The summed E-state index contributed by atoms with van der Waals surface area (Å²) in [6, 6.07) is 5.94. The number of carboxylic acid groups (broad SMARTS) is 1. The minimum atomic E-state index is -0.954. The molecule has 0 saturated carbocycles. The molecular weight excluding hydrogens is 282 g/mol. The fraction of sp³-hybridized carbons (Fsp3) is 0.429. The highest BCUT2D eigenvalue weighted by molar-refractivity contribution is 6.30. The molecule has 1 aliphatic heterocycles. The lowest BCUT2D eigenvalue weighted by Gasteiger charge is -2.32. The van der Waals surface area contributed by atoms with E-state index in [1.54, 1.807) is 24.3 Å². The van der Waals surface area contributed by atoms with Crippen LogP contribution in [0, 0.1) is 0 Å². The van der Waals surface area contributed by atoms with Gasteiger partial charge < -0.3 is 14.7 Å². The Balaban J connectivity index is 1.93. The first-order valence-corrected chi connectivity index (χ1v) is 6.86. The van der Waals surface area contributed by atoms with Crippen LogP contribution in [0.5, 0.6) is 5.75 Å². The molecule has 20 heavy (non-hydrogen) atoms. The van der Waals surface area contributed by atoms with Gasteiger partial charge in [-0.2, -0.15) is 0 Å². The lowest BCUT2D eigenvalue weighted by atomic mass is 10.0. The summed E-state index contributed by atoms with van der Waals surface area (Å²) in [5, 5.41) is 9.71. The molecule has 0 radical (unpaired) electrons. The average molecular weight is 298 g/mol. The van der Waals surface area contributed by atoms with Gasteiger partial charge in [0.2, 0.25) is 0 Å². The summed E-state index contributed by atoms with van der Waals surface area (Å²) in [5.74, 6) is -0.719. The molecule has 1 saturated heterocycles. The van der Waals surface area contributed by atoms with Gasteiger partial charge in [0, 0.05) is 11.6 Å². The Morgan fingerprint density at radius 3 is 2.65 bits per heavy atom. The Bertz CT molecular complexity index is 488. The zero-order valence-corrected chi connectivity index (χ0v) is 11.7. The van der Waals surface area contributed by atoms with E-state index in [1.165, 1.54) is 4.90 Å². The van der Waals surface area contributed by atoms with Gasteiger partial charge in [-0.1, -0.05) is 11.6 Å². The topological polar surface area (TPSA) is 66.8 Å². The zero-order chi connectivity index (χ0) is 14.5. The van der Waals surface area contributed by atoms with Gasteiger partial charge in [0.25, 0.3) is 5.91 Å². The standard InChI is InChI=1S/C14H16ClNO4/c15-10-4-6-11(7-5-10)20-9-13(17)16-8-2-1-3-12(16)14(18)19/h4-7,12H,1-3,8-9H2,(H,18,19)/t12-/m1/s1. The Morgan fingerprint density at radius 2 is 2.00 bits per heavy atom. The molecule has 0 aliphatic carbocycles. The summed E-state index contributed by atoms with van der Waals surface area (Å²) in [7, 11) is 0. The van der Waals surface area contributed by atoms with Crippen molar-refractivity contribution in [1.82, 2.24) is 4.90 Å². The highest BCUT2D eigenvalue weighted by Crippen LogP contribution is 2.19. The van der Waals surface area contributed by atoms with Gasteiger partial charge in [0.05, 0.1) is 0 Å². The molecule has 1 atom stereocenters. The lowest BCUT2D eigenvalue weighted by molar-refractivity contribution is -0.152. The Hall–Kier alpha value is -1.75. The number of carbonyl (C=O) groups excluding carboxylic acids is 1. The maximum Gasteiger partial charge on any atom is 0.326 e. The maximum atomic E-state index is 12.1. The van der Waals surface area contributed by atoms with Crippen molar-refractivity contribution >= 4 is 23.5 Å². The number of piperidine rings is 1. The molecule has 0 bridgehead atoms. The van der Waals surface area contributed by atoms with Crippen LogP contribution < -0.4 is 4.74 Å². The van der Waals surface area contributed by atoms with Crippen LogP contribution in [-0.2, 0) is 9.59 Å². The Morgan fingerprint density at radius 1 is 1.30 bits per heavy atom. The summed E-state index contributed by atoms with van der Waals surface area (Å²) in [6.45, 7) is 0.311. The molecule has 1 amide bonds. The first-order chi connectivity index (χ1) is 9.58. The molecular formula is C14H16ClNO4. The molecule has 1 N–H and O–H groups in total. The average Bonchev–Trinajstić information content (AvgIpc) is 2.46. The predicted octanol–water partition coefficient (Wildman–Crippen LogP) is 2.18. The first kappa shape index (κ1) is 14.7. The van der Waals surface area contributed by atoms with Crippen LogP contribution in [-0.4, -0.2) is 41.1 Å². The number of rotatable bonds is 4. The van der Waals surface area contributed by atoms with E-state index in [2.05, 4.69) is 0 Å². The van der Waals surface area contributed by atoms with Gasteiger partial charge in [0.15, 0.2) is 6.61 Å². The summed E-state index contributed by atoms with van der Waals surface area (Å²) >= 11 is 5.75. The van der Waals surface area contributed by atoms with Gasteiger partial charge in [-0.25, -0.2) is 4.79 Å². The Kier molecular flexibility index (Phi) is 4.84. The highest BCUT2D eigenvalue weighted by Gasteiger charge is 2.31. The van der Waals surface area contributed by atoms with E-state index >= 15 is 0 Å². The SMILES string of the molecule is O=C(O)[C@H]1CCCCN1C(=O)COc1ccc(Cl)cc1. The third-order valence-electron chi connectivity index (χ3n) is 3.28. The van der Waals surface area contributed by atoms with Crippen molar-refractivity contribution in [3.63, 3.8) is 0 Å². The van der Waals surface area contributed by atoms with Gasteiger partial charge >= 0.3 is 5.97 Å². The summed E-state index contributed by atoms with van der Waals surface area (Å²) in [4.78, 5) is 24.6. The zero-order valence-electron chi connectivity index (χ0n) is 10.9. The van der Waals surface area contributed by atoms with E-state index in [1.807, 2.05) is 0 Å². The molecule has 1 heterocycles. The van der Waals surface area contributed by atoms with Crippen LogP contribution in [0.25, 0.3) is 0 Å². The minimum Gasteiger partial charge on any atom is -0.484 e. The number of carboxylic acids is 1. The number of hydrogen-bond donors (Lipinski definition) is 1. The monoisotopic (exact) mass is 297 g/mol. The number of likely N-dealkylation sites (tertiary alicyclic amines) is 1. The van der Waals surface area contributed by atoms with Gasteiger partial charge in [0.1, 0.15) is 11.8 Å². The molecule has 0 spiro atoms. The molecule has 6 heteroatoms. The van der Waals surface area contributed by atoms with Gasteiger partial charge in [-0.15, -0.1) is 0 Å². The largest absolute Gasteiger partial charge is 0.484 e. The van der Waals surface area contributed by atoms with Crippen LogP contribution in [0.2, 0.25) is 5.02 Å². The van der Waals surface area contributed by atoms with E-state index in [9.17, 15) is 9.59 Å². The van der Waals surface area contributed by atoms with Crippen LogP contribution in [0.3, 0.4) is 0 Å². The summed E-state index contributed by atoms with van der Waals surface area (Å²) < 4.78 is 5.36. The maximum absolute atomic E-state index is 12.1. The fourth-order valence-corrected chi connectivity index (χ4v) is 2.37. The molecule has 0 aromatic heterocycles. The van der Waals surface area contributed by atoms with Crippen LogP contribution >= 0.6 is 11.6 Å². The minimum absolute atomic E-state index is 0.161. The van der Waals surface area contributed by atoms with Crippen LogP contribution in [0.15, 0.2) is 24.3 Å². The predicted molar refractivity (Wildman–Crippen MR) is 73.9 cm³/mol. The second-order valence-electron chi connectivity index (χ2n) is 4.68. The smallest absolute Gasteiger partial charge is 0.326 e. The molecule has 0 unspecified atom stereocenters. The molecule has 1 aliphatic rings. The quantitative estimate of drug-likeness (QED) is 0.925. The van der Waals surface area contributed by atoms with Crippen molar-refractivity contribution in [1.29, 1.82) is 0 Å². The highest BCUT2D eigenvalue weighted by atomic mass is 35.5. The number of benzene rings is 1. The second kappa shape index (κ2) is 6.61. The number of hydrogen-bond acceptors (Lipinski definition) is 3. The summed E-state index contributed by atoms with van der Waals surface area (Å²) in [5.41, 5.74) is 0. The first-order valence-electron chi connectivity index (χ1n) is 6.48. The van der Waals surface area contributed by atoms with Crippen molar-refractivity contribution in [3.05, 3.63) is 29.3 Å². The van der Waals surface area contributed by atoms with Crippen molar-refractivity contribution < 1.29 is 19.4 Å². The fourth-order valence-electron chi connectivity index (χ4n) is 2.25. The molecule has 1 fully saturated rings. The van der Waals surface area contributed by atoms with Crippen molar-refractivity contribution in [3.8, 4) is 5.75 Å². The van der Waals surface area contributed by atoms with E-state index in [0.29, 0.717) is 23.7 Å². The number of ether oxygens (including phenoxy) is 1. The molecule has 108 valence electrons. The van der Waals surface area contributed by atoms with Gasteiger partial charge in [-0.3, -0.25) is 4.79 Å². The van der Waals surface area contributed by atoms with E-state index < -0.39 is 12.0 Å². The van der Waals surface area contributed by atoms with Crippen LogP contribution in [0.4, 0.5) is 0 Å². The van der Waals surface area contributed by atoms with E-state index in [4.69, 9.17) is 21.4 Å². The van der Waals surface area contributed by atoms with E-state index in [-0.39, 0.29) is 12.5 Å². The molecule has 1 aromatic carbocycles. The third kappa shape index (κ3) is 3.63. The van der Waals surface area contributed by atoms with Crippen molar-refractivity contribution in [2.45, 2.75) is 25.3 Å². The number of nitrogens with zero attached hydrogens (tertiary/aromatic N) is 1. The summed E-state index contributed by atoms with van der Waals surface area (Å²) in [6.07, 6.45) is 2.16. The molecule has 1 aromatic rings. The van der Waals surface area contributed by atoms with Gasteiger partial charge in [-0.05, 0) is 43.5 Å². The number of halogens is 1. The number of carbonyl (C=O) groups is 2. The Labute approximate surface area is 122 Å². The molecule has 5 nitrogen and oxygen atoms in total. The number of aliphatic carboxylic acids is 1. The molecule has 2 rings (SSSR count). The normalized spacial score (nSPS) is 18.6. The lowest BCUT2D eigenvalue weighted by Crippen LogP contribution is -2.49. The van der Waals surface area contributed by atoms with Crippen molar-refractivity contribution in [2.24, 2.45) is 0 Å². The third-order valence-corrected chi connectivity index (χ3v) is 3.54.